The van der Waals surface area contributed by atoms with E-state index < -0.39 is 6.09 Å². The normalized spacial score (nSPS) is 24.7. The summed E-state index contributed by atoms with van der Waals surface area (Å²) in [5.41, 5.74) is 0.581. The van der Waals surface area contributed by atoms with Crippen molar-refractivity contribution in [1.29, 1.82) is 0 Å². The fourth-order valence-electron chi connectivity index (χ4n) is 3.38. The molecule has 1 N–H and O–H groups in total. The van der Waals surface area contributed by atoms with Crippen molar-refractivity contribution in [3.8, 4) is 0 Å². The number of benzene rings is 1. The second kappa shape index (κ2) is 9.47. The van der Waals surface area contributed by atoms with Crippen LogP contribution in [0.4, 0.5) is 10.5 Å². The third kappa shape index (κ3) is 4.99. The van der Waals surface area contributed by atoms with Gasteiger partial charge in [-0.25, -0.2) is 4.79 Å². The van der Waals surface area contributed by atoms with E-state index in [2.05, 4.69) is 10.2 Å². The average Bonchev–Trinajstić information content (AvgIpc) is 2.58. The zero-order valence-corrected chi connectivity index (χ0v) is 15.2. The Morgan fingerprint density at radius 2 is 1.92 bits per heavy atom. The minimum absolute atomic E-state index is 0. The number of nitrogens with one attached hydrogen (secondary N) is 1. The smallest absolute Gasteiger partial charge is 0.411 e. The number of rotatable bonds is 3. The molecule has 0 radical (unpaired) electrons. The summed E-state index contributed by atoms with van der Waals surface area (Å²) in [7, 11) is 0. The lowest BCUT2D eigenvalue weighted by atomic mass is 9.91. The highest BCUT2D eigenvalue weighted by molar-refractivity contribution is 6.33. The molecule has 1 saturated carbocycles. The summed E-state index contributed by atoms with van der Waals surface area (Å²) >= 11 is 6.07. The molecule has 1 aromatic rings. The van der Waals surface area contributed by atoms with Gasteiger partial charge in [-0.2, -0.15) is 0 Å². The molecule has 3 rings (SSSR count). The van der Waals surface area contributed by atoms with E-state index in [4.69, 9.17) is 21.1 Å². The van der Waals surface area contributed by atoms with Gasteiger partial charge >= 0.3 is 6.09 Å². The van der Waals surface area contributed by atoms with Crippen molar-refractivity contribution in [3.05, 3.63) is 29.3 Å². The number of halogens is 2. The molecule has 1 amide bonds. The van der Waals surface area contributed by atoms with Crippen LogP contribution in [0.5, 0.6) is 0 Å². The molecular formula is C17H24Cl2N2O3. The summed E-state index contributed by atoms with van der Waals surface area (Å²) in [5, 5.41) is 3.26. The molecule has 2 atom stereocenters. The standard InChI is InChI=1S/C17H23ClN2O3.ClH/c18-13-5-1-2-6-14(13)19-17(21)23-16-8-4-3-7-15(16)20-9-11-22-12-10-20;/h1-2,5-6,15-16H,3-4,7-12H2,(H,19,21);1H. The molecule has 134 valence electrons. The van der Waals surface area contributed by atoms with Crippen LogP contribution >= 0.6 is 24.0 Å². The van der Waals surface area contributed by atoms with E-state index in [9.17, 15) is 4.79 Å². The van der Waals surface area contributed by atoms with Gasteiger partial charge in [-0.15, -0.1) is 12.4 Å². The van der Waals surface area contributed by atoms with Crippen LogP contribution in [0.2, 0.25) is 5.02 Å². The van der Waals surface area contributed by atoms with Crippen molar-refractivity contribution in [3.63, 3.8) is 0 Å². The molecule has 1 aliphatic heterocycles. The molecule has 2 fully saturated rings. The number of morpholine rings is 1. The molecule has 5 nitrogen and oxygen atoms in total. The first-order valence-electron chi connectivity index (χ1n) is 8.28. The van der Waals surface area contributed by atoms with E-state index in [1.54, 1.807) is 12.1 Å². The second-order valence-corrected chi connectivity index (χ2v) is 6.46. The summed E-state index contributed by atoms with van der Waals surface area (Å²) in [6.45, 7) is 3.34. The van der Waals surface area contributed by atoms with Crippen LogP contribution in [-0.2, 0) is 9.47 Å². The zero-order valence-electron chi connectivity index (χ0n) is 13.6. The van der Waals surface area contributed by atoms with Crippen LogP contribution in [0.1, 0.15) is 25.7 Å². The molecule has 2 aliphatic rings. The number of carbonyl (C=O) groups excluding carboxylic acids is 1. The predicted molar refractivity (Wildman–Crippen MR) is 97.2 cm³/mol. The Kier molecular flexibility index (Phi) is 7.62. The van der Waals surface area contributed by atoms with E-state index in [1.807, 2.05) is 12.1 Å². The summed E-state index contributed by atoms with van der Waals surface area (Å²) in [6, 6.07) is 7.47. The third-order valence-corrected chi connectivity index (χ3v) is 4.88. The number of carbonyl (C=O) groups is 1. The highest BCUT2D eigenvalue weighted by Crippen LogP contribution is 2.27. The first-order valence-corrected chi connectivity index (χ1v) is 8.66. The summed E-state index contributed by atoms with van der Waals surface area (Å²) in [4.78, 5) is 14.6. The predicted octanol–water partition coefficient (Wildman–Crippen LogP) is 3.95. The first kappa shape index (κ1) is 19.3. The monoisotopic (exact) mass is 374 g/mol. The van der Waals surface area contributed by atoms with Gasteiger partial charge in [-0.3, -0.25) is 10.2 Å². The maximum atomic E-state index is 12.2. The summed E-state index contributed by atoms with van der Waals surface area (Å²) in [5.74, 6) is 0. The Bertz CT molecular complexity index is 538. The van der Waals surface area contributed by atoms with E-state index in [1.165, 1.54) is 6.42 Å². The Morgan fingerprint density at radius 3 is 2.67 bits per heavy atom. The van der Waals surface area contributed by atoms with Crippen molar-refractivity contribution >= 4 is 35.8 Å². The minimum atomic E-state index is -0.428. The SMILES string of the molecule is Cl.O=C(Nc1ccccc1Cl)OC1CCCCC1N1CCOCC1. The molecule has 1 heterocycles. The maximum absolute atomic E-state index is 12.2. The lowest BCUT2D eigenvalue weighted by Gasteiger charge is -2.40. The van der Waals surface area contributed by atoms with Crippen LogP contribution in [0.25, 0.3) is 0 Å². The fourth-order valence-corrected chi connectivity index (χ4v) is 3.56. The fraction of sp³-hybridized carbons (Fsp3) is 0.588. The second-order valence-electron chi connectivity index (χ2n) is 6.05. The molecule has 0 spiro atoms. The molecule has 7 heteroatoms. The molecule has 0 bridgehead atoms. The van der Waals surface area contributed by atoms with E-state index in [0.29, 0.717) is 16.8 Å². The van der Waals surface area contributed by atoms with Crippen LogP contribution < -0.4 is 5.32 Å². The zero-order chi connectivity index (χ0) is 16.1. The van der Waals surface area contributed by atoms with E-state index in [-0.39, 0.29) is 18.5 Å². The van der Waals surface area contributed by atoms with Gasteiger partial charge in [0.05, 0.1) is 23.9 Å². The van der Waals surface area contributed by atoms with Crippen molar-refractivity contribution in [2.45, 2.75) is 37.8 Å². The molecule has 1 saturated heterocycles. The molecule has 0 aromatic heterocycles. The molecule has 1 aromatic carbocycles. The number of ether oxygens (including phenoxy) is 2. The van der Waals surface area contributed by atoms with Crippen LogP contribution in [0.3, 0.4) is 0 Å². The van der Waals surface area contributed by atoms with Gasteiger partial charge in [0.15, 0.2) is 0 Å². The number of para-hydroxylation sites is 1. The maximum Gasteiger partial charge on any atom is 0.411 e. The Morgan fingerprint density at radius 1 is 1.21 bits per heavy atom. The number of hydrogen-bond donors (Lipinski definition) is 1. The molecule has 24 heavy (non-hydrogen) atoms. The van der Waals surface area contributed by atoms with Crippen molar-refractivity contribution < 1.29 is 14.3 Å². The number of hydrogen-bond acceptors (Lipinski definition) is 4. The first-order chi connectivity index (χ1) is 11.2. The van der Waals surface area contributed by atoms with E-state index in [0.717, 1.165) is 45.6 Å². The van der Waals surface area contributed by atoms with Crippen LogP contribution in [-0.4, -0.2) is 49.4 Å². The summed E-state index contributed by atoms with van der Waals surface area (Å²) in [6.07, 6.45) is 3.79. The lowest BCUT2D eigenvalue weighted by Crippen LogP contribution is -2.51. The van der Waals surface area contributed by atoms with Gasteiger partial charge in [-0.05, 0) is 31.4 Å². The quantitative estimate of drug-likeness (QED) is 0.869. The van der Waals surface area contributed by atoms with E-state index >= 15 is 0 Å². The Balaban J connectivity index is 0.00000208. The highest BCUT2D eigenvalue weighted by Gasteiger charge is 2.33. The van der Waals surface area contributed by atoms with Gasteiger partial charge < -0.3 is 9.47 Å². The highest BCUT2D eigenvalue weighted by atomic mass is 35.5. The number of anilines is 1. The lowest BCUT2D eigenvalue weighted by molar-refractivity contribution is -0.0386. The van der Waals surface area contributed by atoms with Gasteiger partial charge in [0.25, 0.3) is 0 Å². The van der Waals surface area contributed by atoms with Crippen molar-refractivity contribution in [2.75, 3.05) is 31.6 Å². The Labute approximate surface area is 154 Å². The minimum Gasteiger partial charge on any atom is -0.444 e. The topological polar surface area (TPSA) is 50.8 Å². The van der Waals surface area contributed by atoms with Crippen molar-refractivity contribution in [1.82, 2.24) is 4.90 Å². The van der Waals surface area contributed by atoms with Crippen LogP contribution in [0, 0.1) is 0 Å². The van der Waals surface area contributed by atoms with Gasteiger partial charge in [-0.1, -0.05) is 30.2 Å². The summed E-state index contributed by atoms with van der Waals surface area (Å²) < 4.78 is 11.1. The molecule has 2 unspecified atom stereocenters. The Hall–Kier alpha value is -1.01. The number of nitrogens with zero attached hydrogens (tertiary/aromatic N) is 1. The van der Waals surface area contributed by atoms with Gasteiger partial charge in [0, 0.05) is 19.1 Å². The third-order valence-electron chi connectivity index (χ3n) is 4.55. The largest absolute Gasteiger partial charge is 0.444 e. The molecular weight excluding hydrogens is 351 g/mol. The molecule has 1 aliphatic carbocycles. The van der Waals surface area contributed by atoms with Gasteiger partial charge in [0.2, 0.25) is 0 Å². The van der Waals surface area contributed by atoms with Crippen molar-refractivity contribution in [2.24, 2.45) is 0 Å². The van der Waals surface area contributed by atoms with Gasteiger partial charge in [0.1, 0.15) is 6.10 Å². The van der Waals surface area contributed by atoms with Crippen LogP contribution in [0.15, 0.2) is 24.3 Å². The number of amides is 1. The average molecular weight is 375 g/mol.